The molecule has 1 radical (unpaired) electrons. The molecule has 0 aliphatic heterocycles. The highest BCUT2D eigenvalue weighted by molar-refractivity contribution is 6.35. The van der Waals surface area contributed by atoms with Crippen LogP contribution in [0, 0.1) is 0 Å². The standard InChI is InChI=1S/C12H26O.2C6H13.Al/c1-3-5-7-9-11-13-12-10-8-6-4-2;2*1-3-5-6-4-2;/h3-12H2,1-2H3;2*1,3-6H2,2H3;. The molecule has 0 saturated heterocycles. The Bertz CT molecular complexity index is 166. The molecule has 0 fully saturated rings. The van der Waals surface area contributed by atoms with E-state index in [2.05, 4.69) is 27.7 Å². The Hall–Kier alpha value is 0.492. The predicted molar refractivity (Wildman–Crippen MR) is 123 cm³/mol. The molecule has 0 aromatic heterocycles. The molecule has 0 aliphatic rings. The summed E-state index contributed by atoms with van der Waals surface area (Å²) in [6.07, 6.45) is 22.2. The molecule has 0 aliphatic carbocycles. The lowest BCUT2D eigenvalue weighted by atomic mass is 10.2. The second kappa shape index (κ2) is 30.2. The Morgan fingerprint density at radius 3 is 1.12 bits per heavy atom. The van der Waals surface area contributed by atoms with E-state index >= 15 is 0 Å². The fourth-order valence-corrected chi connectivity index (χ4v) is 4.38. The molecule has 0 aromatic carbocycles. The van der Waals surface area contributed by atoms with E-state index in [1.165, 1.54) is 103 Å². The van der Waals surface area contributed by atoms with Crippen LogP contribution in [0.1, 0.15) is 130 Å². The van der Waals surface area contributed by atoms with Gasteiger partial charge >= 0.3 is 0 Å². The van der Waals surface area contributed by atoms with Crippen LogP contribution in [0.5, 0.6) is 0 Å². The average molecular weight is 384 g/mol. The van der Waals surface area contributed by atoms with E-state index in [1.54, 1.807) is 10.6 Å². The zero-order chi connectivity index (χ0) is 19.6. The van der Waals surface area contributed by atoms with Crippen LogP contribution in [0.2, 0.25) is 10.6 Å². The highest BCUT2D eigenvalue weighted by Crippen LogP contribution is 2.07. The van der Waals surface area contributed by atoms with Gasteiger partial charge in [-0.3, -0.25) is 0 Å². The summed E-state index contributed by atoms with van der Waals surface area (Å²) in [5, 5.41) is 3.12. The van der Waals surface area contributed by atoms with Crippen LogP contribution in [-0.4, -0.2) is 28.4 Å². The number of unbranched alkanes of at least 4 members (excludes halogenated alkanes) is 12. The van der Waals surface area contributed by atoms with Crippen molar-refractivity contribution in [2.45, 2.75) is 141 Å². The van der Waals surface area contributed by atoms with Gasteiger partial charge in [0, 0.05) is 13.2 Å². The van der Waals surface area contributed by atoms with Crippen molar-refractivity contribution in [3.05, 3.63) is 0 Å². The quantitative estimate of drug-likeness (QED) is 0.151. The summed E-state index contributed by atoms with van der Waals surface area (Å²) in [5.41, 5.74) is 0. The van der Waals surface area contributed by atoms with Crippen molar-refractivity contribution in [1.82, 2.24) is 0 Å². The highest BCUT2D eigenvalue weighted by atomic mass is 27.1. The van der Waals surface area contributed by atoms with Crippen LogP contribution >= 0.6 is 0 Å². The summed E-state index contributed by atoms with van der Waals surface area (Å²) in [4.78, 5) is 0. The normalized spacial score (nSPS) is 10.5. The molecule has 0 rings (SSSR count). The van der Waals surface area contributed by atoms with Crippen molar-refractivity contribution in [3.63, 3.8) is 0 Å². The topological polar surface area (TPSA) is 9.23 Å². The van der Waals surface area contributed by atoms with Crippen molar-refractivity contribution in [1.29, 1.82) is 0 Å². The number of hydrogen-bond acceptors (Lipinski definition) is 1. The van der Waals surface area contributed by atoms with Gasteiger partial charge in [-0.15, -0.1) is 10.6 Å². The third kappa shape index (κ3) is 32.2. The van der Waals surface area contributed by atoms with Gasteiger partial charge < -0.3 is 4.74 Å². The highest BCUT2D eigenvalue weighted by Gasteiger charge is 1.93. The molecule has 0 unspecified atom stereocenters. The Balaban J connectivity index is 0. The van der Waals surface area contributed by atoms with Gasteiger partial charge in [0.2, 0.25) is 0 Å². The second-order valence-corrected chi connectivity index (χ2v) is 9.45. The van der Waals surface area contributed by atoms with Crippen LogP contribution in [-0.2, 0) is 4.74 Å². The van der Waals surface area contributed by atoms with Crippen molar-refractivity contribution in [2.24, 2.45) is 0 Å². The number of ether oxygens (including phenoxy) is 1. The minimum absolute atomic E-state index is 0.805. The van der Waals surface area contributed by atoms with Crippen LogP contribution in [0.25, 0.3) is 0 Å². The molecule has 157 valence electrons. The van der Waals surface area contributed by atoms with Crippen LogP contribution in [0.15, 0.2) is 0 Å². The molecule has 0 N–H and O–H groups in total. The van der Waals surface area contributed by atoms with Gasteiger partial charge in [0.15, 0.2) is 15.2 Å². The lowest BCUT2D eigenvalue weighted by Crippen LogP contribution is -1.96. The summed E-state index contributed by atoms with van der Waals surface area (Å²) in [6.45, 7) is 11.0. The zero-order valence-corrected chi connectivity index (χ0v) is 20.3. The van der Waals surface area contributed by atoms with E-state index in [-0.39, 0.29) is 0 Å². The van der Waals surface area contributed by atoms with Crippen molar-refractivity contribution in [3.8, 4) is 0 Å². The van der Waals surface area contributed by atoms with Gasteiger partial charge in [-0.25, -0.2) is 0 Å². The maximum atomic E-state index is 5.53. The molecule has 0 spiro atoms. The molecule has 2 heteroatoms. The van der Waals surface area contributed by atoms with E-state index in [1.807, 2.05) is 0 Å². The molecule has 0 heterocycles. The van der Waals surface area contributed by atoms with Gasteiger partial charge in [-0.05, 0) is 12.8 Å². The third-order valence-electron chi connectivity index (χ3n) is 4.81. The molecular formula is C24H52AlO. The van der Waals surface area contributed by atoms with E-state index in [4.69, 9.17) is 4.74 Å². The number of hydrogen-bond donors (Lipinski definition) is 0. The van der Waals surface area contributed by atoms with E-state index in [9.17, 15) is 0 Å². The van der Waals surface area contributed by atoms with Crippen molar-refractivity contribution in [2.75, 3.05) is 13.2 Å². The first-order valence-electron chi connectivity index (χ1n) is 12.2. The molecule has 26 heavy (non-hydrogen) atoms. The SMILES string of the molecule is CCCCCCOCCCCCC.CCCCC[CH2][Al][CH2]CCCCC. The number of rotatable bonds is 20. The van der Waals surface area contributed by atoms with Crippen molar-refractivity contribution >= 4 is 15.2 Å². The summed E-state index contributed by atoms with van der Waals surface area (Å²) in [5.74, 6) is 0. The smallest absolute Gasteiger partial charge is 0.199 e. The molecular weight excluding hydrogens is 331 g/mol. The first kappa shape index (κ1) is 28.7. The molecule has 0 saturated carbocycles. The van der Waals surface area contributed by atoms with Crippen LogP contribution in [0.4, 0.5) is 0 Å². The first-order chi connectivity index (χ1) is 12.8. The fourth-order valence-electron chi connectivity index (χ4n) is 2.94. The summed E-state index contributed by atoms with van der Waals surface area (Å²) in [6, 6.07) is 0. The van der Waals surface area contributed by atoms with Gasteiger partial charge in [0.05, 0.1) is 0 Å². The lowest BCUT2D eigenvalue weighted by Gasteiger charge is -2.03. The largest absolute Gasteiger partial charge is 0.381 e. The van der Waals surface area contributed by atoms with Gasteiger partial charge in [-0.2, -0.15) is 0 Å². The Labute approximate surface area is 174 Å². The Morgan fingerprint density at radius 1 is 0.423 bits per heavy atom. The van der Waals surface area contributed by atoms with E-state index in [0.29, 0.717) is 0 Å². The maximum Gasteiger partial charge on any atom is 0.199 e. The second-order valence-electron chi connectivity index (χ2n) is 7.72. The molecule has 1 nitrogen and oxygen atoms in total. The van der Waals surface area contributed by atoms with Crippen molar-refractivity contribution < 1.29 is 4.74 Å². The van der Waals surface area contributed by atoms with Gasteiger partial charge in [0.1, 0.15) is 0 Å². The van der Waals surface area contributed by atoms with Crippen LogP contribution in [0.3, 0.4) is 0 Å². The maximum absolute atomic E-state index is 5.53. The van der Waals surface area contributed by atoms with Crippen LogP contribution < -0.4 is 0 Å². The Morgan fingerprint density at radius 2 is 0.769 bits per heavy atom. The van der Waals surface area contributed by atoms with Gasteiger partial charge in [-0.1, -0.05) is 118 Å². The minimum atomic E-state index is 0.805. The monoisotopic (exact) mass is 383 g/mol. The minimum Gasteiger partial charge on any atom is -0.381 e. The lowest BCUT2D eigenvalue weighted by molar-refractivity contribution is 0.126. The van der Waals surface area contributed by atoms with Gasteiger partial charge in [0.25, 0.3) is 0 Å². The average Bonchev–Trinajstić information content (AvgIpc) is 2.66. The summed E-state index contributed by atoms with van der Waals surface area (Å²) >= 11 is 0.805. The summed E-state index contributed by atoms with van der Waals surface area (Å²) in [7, 11) is 0. The molecule has 0 bridgehead atoms. The molecule has 0 amide bonds. The zero-order valence-electron chi connectivity index (χ0n) is 19.1. The Kier molecular flexibility index (Phi) is 33.4. The van der Waals surface area contributed by atoms with E-state index in [0.717, 1.165) is 28.4 Å². The first-order valence-corrected chi connectivity index (χ1v) is 13.9. The molecule has 0 atom stereocenters. The predicted octanol–water partition coefficient (Wildman–Crippen LogP) is 8.85. The molecule has 0 aromatic rings. The third-order valence-corrected chi connectivity index (χ3v) is 6.44. The summed E-state index contributed by atoms with van der Waals surface area (Å²) < 4.78 is 5.53. The van der Waals surface area contributed by atoms with E-state index < -0.39 is 0 Å². The fraction of sp³-hybridized carbons (Fsp3) is 1.00.